The Bertz CT molecular complexity index is 354. The third-order valence-corrected chi connectivity index (χ3v) is 3.50. The lowest BCUT2D eigenvalue weighted by Crippen LogP contribution is -2.33. The largest absolute Gasteiger partial charge is 0.491 e. The molecule has 3 N–H and O–H groups in total. The van der Waals surface area contributed by atoms with Crippen LogP contribution in [0.3, 0.4) is 0 Å². The van der Waals surface area contributed by atoms with E-state index in [0.717, 1.165) is 24.2 Å². The first-order chi connectivity index (χ1) is 9.28. The van der Waals surface area contributed by atoms with Crippen molar-refractivity contribution in [3.05, 3.63) is 29.8 Å². The average molecular weight is 266 g/mol. The quantitative estimate of drug-likeness (QED) is 0.410. The van der Waals surface area contributed by atoms with Gasteiger partial charge in [-0.25, -0.2) is 0 Å². The van der Waals surface area contributed by atoms with Crippen LogP contribution in [0.15, 0.2) is 24.3 Å². The lowest BCUT2D eigenvalue weighted by molar-refractivity contribution is 0.145. The van der Waals surface area contributed by atoms with Gasteiger partial charge in [-0.05, 0) is 12.0 Å². The van der Waals surface area contributed by atoms with Crippen molar-refractivity contribution < 1.29 is 9.47 Å². The van der Waals surface area contributed by atoms with Crippen LogP contribution in [0.2, 0.25) is 0 Å². The predicted molar refractivity (Wildman–Crippen MR) is 77.9 cm³/mol. The summed E-state index contributed by atoms with van der Waals surface area (Å²) in [5.74, 6) is 7.13. The molecule has 19 heavy (non-hydrogen) atoms. The first-order valence-corrected chi connectivity index (χ1v) is 6.95. The van der Waals surface area contributed by atoms with Crippen molar-refractivity contribution >= 4 is 0 Å². The summed E-state index contributed by atoms with van der Waals surface area (Å²) in [6.07, 6.45) is 2.16. The van der Waals surface area contributed by atoms with Crippen LogP contribution in [-0.2, 0) is 4.74 Å². The van der Waals surface area contributed by atoms with E-state index in [1.807, 2.05) is 18.2 Å². The second-order valence-corrected chi connectivity index (χ2v) is 4.60. The first kappa shape index (κ1) is 16.0. The summed E-state index contributed by atoms with van der Waals surface area (Å²) < 4.78 is 10.8. The number of hydrazine groups is 1. The molecule has 0 aromatic heterocycles. The fourth-order valence-electron chi connectivity index (χ4n) is 2.34. The van der Waals surface area contributed by atoms with Gasteiger partial charge in [-0.15, -0.1) is 0 Å². The van der Waals surface area contributed by atoms with Crippen LogP contribution in [0, 0.1) is 5.92 Å². The maximum absolute atomic E-state index is 5.78. The molecule has 0 saturated carbocycles. The molecule has 1 aromatic rings. The molecule has 0 aliphatic rings. The van der Waals surface area contributed by atoms with E-state index >= 15 is 0 Å². The molecule has 4 heteroatoms. The van der Waals surface area contributed by atoms with Gasteiger partial charge < -0.3 is 9.47 Å². The summed E-state index contributed by atoms with van der Waals surface area (Å²) in [6, 6.07) is 8.17. The van der Waals surface area contributed by atoms with E-state index in [1.165, 1.54) is 0 Å². The number of benzene rings is 1. The summed E-state index contributed by atoms with van der Waals surface area (Å²) in [4.78, 5) is 0. The maximum atomic E-state index is 5.78. The molecule has 1 aromatic carbocycles. The Kier molecular flexibility index (Phi) is 7.48. The Morgan fingerprint density at radius 2 is 1.84 bits per heavy atom. The second kappa shape index (κ2) is 8.91. The molecule has 0 heterocycles. The van der Waals surface area contributed by atoms with Gasteiger partial charge in [0.2, 0.25) is 0 Å². The van der Waals surface area contributed by atoms with Crippen molar-refractivity contribution in [2.24, 2.45) is 11.8 Å². The molecule has 0 spiro atoms. The summed E-state index contributed by atoms with van der Waals surface area (Å²) in [5.41, 5.74) is 4.06. The van der Waals surface area contributed by atoms with Gasteiger partial charge in [0.1, 0.15) is 12.4 Å². The molecule has 1 unspecified atom stereocenters. The zero-order valence-corrected chi connectivity index (χ0v) is 12.2. The molecule has 0 fully saturated rings. The van der Waals surface area contributed by atoms with Crippen LogP contribution in [0.5, 0.6) is 5.75 Å². The van der Waals surface area contributed by atoms with Gasteiger partial charge in [-0.2, -0.15) is 0 Å². The zero-order valence-electron chi connectivity index (χ0n) is 12.2. The predicted octanol–water partition coefficient (Wildman–Crippen LogP) is 2.65. The molecular formula is C15H26N2O2. The molecule has 1 rings (SSSR count). The minimum absolute atomic E-state index is 0.119. The van der Waals surface area contributed by atoms with Crippen molar-refractivity contribution in [2.45, 2.75) is 32.7 Å². The third kappa shape index (κ3) is 4.49. The van der Waals surface area contributed by atoms with Crippen molar-refractivity contribution in [1.29, 1.82) is 0 Å². The monoisotopic (exact) mass is 266 g/mol. The smallest absolute Gasteiger partial charge is 0.124 e. The molecule has 0 aliphatic heterocycles. The number of nitrogens with two attached hydrogens (primary N) is 1. The average Bonchev–Trinajstić information content (AvgIpc) is 2.46. The SMILES string of the molecule is CCC(CC)C(NN)c1ccccc1OCCOC. The molecular weight excluding hydrogens is 240 g/mol. The Hall–Kier alpha value is -1.10. The van der Waals surface area contributed by atoms with Gasteiger partial charge in [-0.1, -0.05) is 44.9 Å². The summed E-state index contributed by atoms with van der Waals surface area (Å²) in [5, 5.41) is 0. The van der Waals surface area contributed by atoms with Crippen molar-refractivity contribution in [1.82, 2.24) is 5.43 Å². The first-order valence-electron chi connectivity index (χ1n) is 6.95. The number of hydrogen-bond donors (Lipinski definition) is 2. The highest BCUT2D eigenvalue weighted by Crippen LogP contribution is 2.32. The molecule has 0 bridgehead atoms. The van der Waals surface area contributed by atoms with Crippen LogP contribution < -0.4 is 16.0 Å². The van der Waals surface area contributed by atoms with Crippen LogP contribution >= 0.6 is 0 Å². The van der Waals surface area contributed by atoms with Crippen LogP contribution in [0.4, 0.5) is 0 Å². The number of rotatable bonds is 9. The van der Waals surface area contributed by atoms with E-state index in [4.69, 9.17) is 15.3 Å². The molecule has 108 valence electrons. The van der Waals surface area contributed by atoms with Crippen LogP contribution in [-0.4, -0.2) is 20.3 Å². The molecule has 1 atom stereocenters. The minimum Gasteiger partial charge on any atom is -0.491 e. The Morgan fingerprint density at radius 1 is 1.16 bits per heavy atom. The molecule has 0 radical (unpaired) electrons. The lowest BCUT2D eigenvalue weighted by atomic mass is 9.89. The highest BCUT2D eigenvalue weighted by molar-refractivity contribution is 5.36. The van der Waals surface area contributed by atoms with Crippen molar-refractivity contribution in [2.75, 3.05) is 20.3 Å². The van der Waals surface area contributed by atoms with Gasteiger partial charge >= 0.3 is 0 Å². The van der Waals surface area contributed by atoms with Gasteiger partial charge in [0.15, 0.2) is 0 Å². The summed E-state index contributed by atoms with van der Waals surface area (Å²) in [6.45, 7) is 5.51. The van der Waals surface area contributed by atoms with Crippen LogP contribution in [0.25, 0.3) is 0 Å². The minimum atomic E-state index is 0.119. The van der Waals surface area contributed by atoms with E-state index < -0.39 is 0 Å². The number of hydrogen-bond acceptors (Lipinski definition) is 4. The fourth-order valence-corrected chi connectivity index (χ4v) is 2.34. The molecule has 0 aliphatic carbocycles. The van der Waals surface area contributed by atoms with Gasteiger partial charge in [0, 0.05) is 12.7 Å². The Morgan fingerprint density at radius 3 is 2.42 bits per heavy atom. The van der Waals surface area contributed by atoms with E-state index in [0.29, 0.717) is 19.1 Å². The van der Waals surface area contributed by atoms with E-state index in [9.17, 15) is 0 Å². The van der Waals surface area contributed by atoms with E-state index in [2.05, 4.69) is 25.3 Å². The summed E-state index contributed by atoms with van der Waals surface area (Å²) in [7, 11) is 1.67. The van der Waals surface area contributed by atoms with Gasteiger partial charge in [0.25, 0.3) is 0 Å². The number of para-hydroxylation sites is 1. The summed E-state index contributed by atoms with van der Waals surface area (Å²) >= 11 is 0. The zero-order chi connectivity index (χ0) is 14.1. The second-order valence-electron chi connectivity index (χ2n) is 4.60. The Labute approximate surface area is 116 Å². The standard InChI is InChI=1S/C15H26N2O2/c1-4-12(5-2)15(17-16)13-8-6-7-9-14(13)19-11-10-18-3/h6-9,12,15,17H,4-5,10-11,16H2,1-3H3. The van der Waals surface area contributed by atoms with Gasteiger partial charge in [-0.3, -0.25) is 11.3 Å². The van der Waals surface area contributed by atoms with E-state index in [-0.39, 0.29) is 6.04 Å². The van der Waals surface area contributed by atoms with Crippen molar-refractivity contribution in [3.8, 4) is 5.75 Å². The number of ether oxygens (including phenoxy) is 2. The van der Waals surface area contributed by atoms with E-state index in [1.54, 1.807) is 7.11 Å². The topological polar surface area (TPSA) is 56.5 Å². The molecule has 4 nitrogen and oxygen atoms in total. The Balaban J connectivity index is 2.89. The fraction of sp³-hybridized carbons (Fsp3) is 0.600. The highest BCUT2D eigenvalue weighted by Gasteiger charge is 2.22. The maximum Gasteiger partial charge on any atom is 0.124 e. The number of nitrogens with one attached hydrogen (secondary N) is 1. The normalized spacial score (nSPS) is 12.7. The molecule has 0 saturated heterocycles. The third-order valence-electron chi connectivity index (χ3n) is 3.50. The molecule has 0 amide bonds. The van der Waals surface area contributed by atoms with Gasteiger partial charge in [0.05, 0.1) is 12.6 Å². The number of methoxy groups -OCH3 is 1. The highest BCUT2D eigenvalue weighted by atomic mass is 16.5. The van der Waals surface area contributed by atoms with Crippen LogP contribution in [0.1, 0.15) is 38.3 Å². The van der Waals surface area contributed by atoms with Crippen molar-refractivity contribution in [3.63, 3.8) is 0 Å². The lowest BCUT2D eigenvalue weighted by Gasteiger charge is -2.26.